The van der Waals surface area contributed by atoms with E-state index in [-0.39, 0.29) is 29.7 Å². The number of fused-ring (bicyclic) bond motifs is 1. The van der Waals surface area contributed by atoms with Gasteiger partial charge >= 0.3 is 0 Å². The topological polar surface area (TPSA) is 77.4 Å². The largest absolute Gasteiger partial charge is 0.376 e. The van der Waals surface area contributed by atoms with Crippen LogP contribution < -0.4 is 10.3 Å². The Kier molecular flexibility index (Phi) is 6.67. The van der Waals surface area contributed by atoms with Crippen LogP contribution in [0.15, 0.2) is 16.9 Å². The van der Waals surface area contributed by atoms with E-state index in [4.69, 9.17) is 4.74 Å². The average Bonchev–Trinajstić information content (AvgIpc) is 2.61. The summed E-state index contributed by atoms with van der Waals surface area (Å²) in [6.07, 6.45) is 7.11. The smallest absolute Gasteiger partial charge is 0.254 e. The van der Waals surface area contributed by atoms with Crippen molar-refractivity contribution in [2.45, 2.75) is 83.4 Å². The van der Waals surface area contributed by atoms with Gasteiger partial charge in [-0.25, -0.2) is 13.1 Å². The third kappa shape index (κ3) is 5.05. The lowest BCUT2D eigenvalue weighted by Gasteiger charge is -2.37. The molecule has 158 valence electrons. The van der Waals surface area contributed by atoms with Gasteiger partial charge in [-0.15, -0.1) is 0 Å². The van der Waals surface area contributed by atoms with Gasteiger partial charge in [0.2, 0.25) is 10.0 Å². The summed E-state index contributed by atoms with van der Waals surface area (Å²) in [7, 11) is -3.37. The fourth-order valence-electron chi connectivity index (χ4n) is 4.52. The predicted octanol–water partition coefficient (Wildman–Crippen LogP) is 2.97. The van der Waals surface area contributed by atoms with Crippen molar-refractivity contribution >= 4 is 10.0 Å². The quantitative estimate of drug-likeness (QED) is 0.782. The summed E-state index contributed by atoms with van der Waals surface area (Å²) in [4.78, 5) is 13.2. The van der Waals surface area contributed by atoms with E-state index in [1.54, 1.807) is 4.57 Å². The Balaban J connectivity index is 1.89. The minimum absolute atomic E-state index is 0.0154. The summed E-state index contributed by atoms with van der Waals surface area (Å²) in [6.45, 7) is 6.65. The molecule has 2 atom stereocenters. The number of ether oxygens (including phenoxy) is 1. The molecule has 0 saturated heterocycles. The van der Waals surface area contributed by atoms with Crippen molar-refractivity contribution < 1.29 is 13.2 Å². The molecular weight excluding hydrogens is 376 g/mol. The van der Waals surface area contributed by atoms with Crippen LogP contribution in [-0.4, -0.2) is 38.0 Å². The summed E-state index contributed by atoms with van der Waals surface area (Å²) < 4.78 is 34.6. The maximum absolute atomic E-state index is 13.2. The molecule has 3 rings (SSSR count). The van der Waals surface area contributed by atoms with E-state index in [9.17, 15) is 13.2 Å². The van der Waals surface area contributed by atoms with Crippen molar-refractivity contribution in [3.63, 3.8) is 0 Å². The summed E-state index contributed by atoms with van der Waals surface area (Å²) in [5.41, 5.74) is 1.71. The highest BCUT2D eigenvalue weighted by Crippen LogP contribution is 2.29. The van der Waals surface area contributed by atoms with Crippen LogP contribution in [0.4, 0.5) is 0 Å². The maximum atomic E-state index is 13.2. The average molecular weight is 411 g/mol. The number of aryl methyl sites for hydroxylation is 1. The summed E-state index contributed by atoms with van der Waals surface area (Å²) >= 11 is 0. The second-order valence-electron chi connectivity index (χ2n) is 8.93. The molecule has 7 heteroatoms. The third-order valence-electron chi connectivity index (χ3n) is 6.19. The lowest BCUT2D eigenvalue weighted by molar-refractivity contribution is -0.00540. The molecule has 0 bridgehead atoms. The van der Waals surface area contributed by atoms with Gasteiger partial charge in [-0.1, -0.05) is 26.8 Å². The van der Waals surface area contributed by atoms with Gasteiger partial charge in [-0.2, -0.15) is 0 Å². The predicted molar refractivity (Wildman–Crippen MR) is 111 cm³/mol. The number of aromatic nitrogens is 1. The van der Waals surface area contributed by atoms with Crippen LogP contribution in [0, 0.1) is 5.92 Å². The Morgan fingerprint density at radius 1 is 1.18 bits per heavy atom. The first-order valence-corrected chi connectivity index (χ1v) is 12.4. The van der Waals surface area contributed by atoms with Crippen molar-refractivity contribution in [1.29, 1.82) is 0 Å². The van der Waals surface area contributed by atoms with Gasteiger partial charge in [0.15, 0.2) is 0 Å². The zero-order chi connectivity index (χ0) is 20.5. The normalized spacial score (nSPS) is 28.3. The Labute approximate surface area is 168 Å². The fourth-order valence-corrected chi connectivity index (χ4v) is 5.35. The number of sulfonamides is 1. The Morgan fingerprint density at radius 2 is 1.86 bits per heavy atom. The van der Waals surface area contributed by atoms with Crippen LogP contribution >= 0.6 is 0 Å². The summed E-state index contributed by atoms with van der Waals surface area (Å²) in [5, 5.41) is 0. The second kappa shape index (κ2) is 8.67. The fraction of sp³-hybridized carbons (Fsp3) is 0.762. The number of nitrogens with zero attached hydrogens (tertiary/aromatic N) is 1. The van der Waals surface area contributed by atoms with E-state index in [0.717, 1.165) is 42.9 Å². The number of hydrogen-bond donors (Lipinski definition) is 1. The molecule has 28 heavy (non-hydrogen) atoms. The van der Waals surface area contributed by atoms with Crippen LogP contribution in [0.25, 0.3) is 0 Å². The molecule has 1 aliphatic heterocycles. The molecule has 0 spiro atoms. The lowest BCUT2D eigenvalue weighted by atomic mass is 9.89. The molecule has 0 radical (unpaired) electrons. The van der Waals surface area contributed by atoms with Gasteiger partial charge in [0.25, 0.3) is 5.56 Å². The van der Waals surface area contributed by atoms with E-state index in [2.05, 4.69) is 11.6 Å². The Morgan fingerprint density at radius 3 is 2.46 bits per heavy atom. The Hall–Kier alpha value is -1.18. The summed E-state index contributed by atoms with van der Waals surface area (Å²) in [6, 6.07) is 3.29. The number of nitrogens with one attached hydrogen (secondary N) is 1. The van der Waals surface area contributed by atoms with Crippen LogP contribution in [0.3, 0.4) is 0 Å². The summed E-state index contributed by atoms with van der Waals surface area (Å²) in [5.74, 6) is 0.862. The van der Waals surface area contributed by atoms with E-state index in [1.807, 2.05) is 26.0 Å². The van der Waals surface area contributed by atoms with Crippen LogP contribution in [-0.2, 0) is 21.2 Å². The molecule has 1 N–H and O–H groups in total. The van der Waals surface area contributed by atoms with Crippen molar-refractivity contribution in [2.24, 2.45) is 5.92 Å². The first-order chi connectivity index (χ1) is 13.2. The second-order valence-corrected chi connectivity index (χ2v) is 10.7. The molecule has 2 heterocycles. The third-order valence-corrected chi connectivity index (χ3v) is 6.92. The van der Waals surface area contributed by atoms with E-state index < -0.39 is 10.0 Å². The number of hydrogen-bond acceptors (Lipinski definition) is 4. The van der Waals surface area contributed by atoms with E-state index in [1.165, 1.54) is 6.26 Å². The van der Waals surface area contributed by atoms with Crippen LogP contribution in [0.2, 0.25) is 0 Å². The van der Waals surface area contributed by atoms with Crippen molar-refractivity contribution in [3.8, 4) is 0 Å². The molecule has 1 fully saturated rings. The highest BCUT2D eigenvalue weighted by Gasteiger charge is 2.34. The number of pyridine rings is 1. The first-order valence-electron chi connectivity index (χ1n) is 10.5. The van der Waals surface area contributed by atoms with Crippen LogP contribution in [0.1, 0.15) is 76.1 Å². The molecule has 2 unspecified atom stereocenters. The lowest BCUT2D eigenvalue weighted by Crippen LogP contribution is -2.50. The van der Waals surface area contributed by atoms with Gasteiger partial charge in [0.05, 0.1) is 25.0 Å². The standard InChI is InChI=1S/C21H34N2O4S/c1-14(2)18-11-7-16-8-12-19(22-28(4,25)26)20(23(16)21(18)24)13-27-17-9-5-15(3)6-10-17/h7,11,14-15,17,19-20,22H,5-6,8-10,12-13H2,1-4H3. The number of rotatable bonds is 6. The van der Waals surface area contributed by atoms with Crippen molar-refractivity contribution in [1.82, 2.24) is 9.29 Å². The molecular formula is C21H34N2O4S. The van der Waals surface area contributed by atoms with Gasteiger partial charge in [0.1, 0.15) is 0 Å². The van der Waals surface area contributed by atoms with Gasteiger partial charge < -0.3 is 9.30 Å². The molecule has 0 amide bonds. The van der Waals surface area contributed by atoms with Gasteiger partial charge in [-0.3, -0.25) is 4.79 Å². The van der Waals surface area contributed by atoms with Gasteiger partial charge in [0, 0.05) is 17.3 Å². The molecule has 1 aromatic heterocycles. The van der Waals surface area contributed by atoms with Crippen molar-refractivity contribution in [3.05, 3.63) is 33.7 Å². The molecule has 1 aliphatic carbocycles. The Bertz CT molecular complexity index is 838. The highest BCUT2D eigenvalue weighted by molar-refractivity contribution is 7.88. The minimum Gasteiger partial charge on any atom is -0.376 e. The van der Waals surface area contributed by atoms with Crippen LogP contribution in [0.5, 0.6) is 0 Å². The molecule has 1 aromatic rings. The highest BCUT2D eigenvalue weighted by atomic mass is 32.2. The van der Waals surface area contributed by atoms with E-state index in [0.29, 0.717) is 19.4 Å². The molecule has 6 nitrogen and oxygen atoms in total. The molecule has 2 aliphatic rings. The molecule has 0 aromatic carbocycles. The zero-order valence-corrected chi connectivity index (χ0v) is 18.3. The minimum atomic E-state index is -3.37. The first kappa shape index (κ1) is 21.5. The molecule has 1 saturated carbocycles. The van der Waals surface area contributed by atoms with Gasteiger partial charge in [-0.05, 0) is 56.4 Å². The van der Waals surface area contributed by atoms with E-state index >= 15 is 0 Å². The monoisotopic (exact) mass is 410 g/mol. The van der Waals surface area contributed by atoms with Crippen molar-refractivity contribution in [2.75, 3.05) is 12.9 Å². The maximum Gasteiger partial charge on any atom is 0.254 e. The SMILES string of the molecule is CC1CCC(OCC2C(NS(C)(=O)=O)CCc3ccc(C(C)C)c(=O)n32)CC1. The zero-order valence-electron chi connectivity index (χ0n) is 17.5.